The van der Waals surface area contributed by atoms with E-state index in [1.54, 1.807) is 0 Å². The maximum absolute atomic E-state index is 13.7. The van der Waals surface area contributed by atoms with E-state index >= 15 is 0 Å². The fraction of sp³-hybridized carbons (Fsp3) is 0.364. The molecule has 0 spiro atoms. The summed E-state index contributed by atoms with van der Waals surface area (Å²) in [7, 11) is 0. The Morgan fingerprint density at radius 1 is 1.47 bits per heavy atom. The number of amides is 1. The van der Waals surface area contributed by atoms with E-state index in [0.29, 0.717) is 25.2 Å². The summed E-state index contributed by atoms with van der Waals surface area (Å²) >= 11 is 0. The van der Waals surface area contributed by atoms with Crippen LogP contribution in [0, 0.1) is 21.7 Å². The summed E-state index contributed by atoms with van der Waals surface area (Å²) in [6.45, 7) is 0.703. The van der Waals surface area contributed by atoms with Crippen molar-refractivity contribution in [3.05, 3.63) is 39.4 Å². The minimum Gasteiger partial charge on any atom is -0.379 e. The molecule has 8 heteroatoms. The number of nitro groups is 1. The third kappa shape index (κ3) is 2.68. The molecule has 0 bridgehead atoms. The molecule has 1 aromatic rings. The first-order valence-corrected chi connectivity index (χ1v) is 5.51. The summed E-state index contributed by atoms with van der Waals surface area (Å²) < 4.78 is 32.2. The van der Waals surface area contributed by atoms with Gasteiger partial charge in [0.25, 0.3) is 5.91 Å². The number of ether oxygens (including phenoxy) is 1. The highest BCUT2D eigenvalue weighted by molar-refractivity contribution is 5.95. The predicted octanol–water partition coefficient (Wildman–Crippen LogP) is 1.39. The highest BCUT2D eigenvalue weighted by atomic mass is 19.1. The molecule has 1 atom stereocenters. The average Bonchev–Trinajstić information content (AvgIpc) is 2.81. The molecule has 0 aromatic heterocycles. The van der Waals surface area contributed by atoms with Crippen molar-refractivity contribution in [2.45, 2.75) is 12.5 Å². The van der Waals surface area contributed by atoms with Gasteiger partial charge in [0.1, 0.15) is 11.4 Å². The van der Waals surface area contributed by atoms with E-state index in [0.717, 1.165) is 0 Å². The molecule has 1 unspecified atom stereocenters. The topological polar surface area (TPSA) is 81.5 Å². The Balaban J connectivity index is 2.29. The molecular weight excluding hydrogens is 262 g/mol. The molecular formula is C11H10F2N2O4. The predicted molar refractivity (Wildman–Crippen MR) is 59.7 cm³/mol. The minimum absolute atomic E-state index is 0.254. The Morgan fingerprint density at radius 2 is 2.21 bits per heavy atom. The molecule has 6 nitrogen and oxygen atoms in total. The number of nitro benzene ring substituents is 1. The molecule has 1 fully saturated rings. The Labute approximate surface area is 106 Å². The van der Waals surface area contributed by atoms with Crippen molar-refractivity contribution in [3.8, 4) is 0 Å². The van der Waals surface area contributed by atoms with Gasteiger partial charge in [0.15, 0.2) is 0 Å². The van der Waals surface area contributed by atoms with Crippen LogP contribution >= 0.6 is 0 Å². The second-order valence-corrected chi connectivity index (χ2v) is 4.05. The zero-order valence-corrected chi connectivity index (χ0v) is 9.69. The van der Waals surface area contributed by atoms with Crippen LogP contribution in [0.1, 0.15) is 16.8 Å². The van der Waals surface area contributed by atoms with Crippen LogP contribution in [0.25, 0.3) is 0 Å². The van der Waals surface area contributed by atoms with Gasteiger partial charge >= 0.3 is 5.69 Å². The number of carbonyl (C=O) groups is 1. The van der Waals surface area contributed by atoms with Crippen LogP contribution in [0.15, 0.2) is 12.1 Å². The molecule has 0 radical (unpaired) electrons. The fourth-order valence-corrected chi connectivity index (χ4v) is 1.80. The SMILES string of the molecule is O=C(NC1CCOC1)c1c(F)ccc([N+](=O)[O-])c1F. The van der Waals surface area contributed by atoms with Crippen molar-refractivity contribution in [1.82, 2.24) is 5.32 Å². The van der Waals surface area contributed by atoms with Gasteiger partial charge in [-0.1, -0.05) is 0 Å². The van der Waals surface area contributed by atoms with Crippen molar-refractivity contribution in [1.29, 1.82) is 0 Å². The third-order valence-corrected chi connectivity index (χ3v) is 2.76. The van der Waals surface area contributed by atoms with E-state index in [1.165, 1.54) is 0 Å². The molecule has 1 heterocycles. The number of rotatable bonds is 3. The number of hydrogen-bond acceptors (Lipinski definition) is 4. The normalized spacial score (nSPS) is 18.3. The summed E-state index contributed by atoms with van der Waals surface area (Å²) in [4.78, 5) is 21.3. The van der Waals surface area contributed by atoms with Crippen LogP contribution in [0.4, 0.5) is 14.5 Å². The molecule has 19 heavy (non-hydrogen) atoms. The molecule has 1 N–H and O–H groups in total. The molecule has 1 saturated heterocycles. The van der Waals surface area contributed by atoms with E-state index in [9.17, 15) is 23.7 Å². The maximum Gasteiger partial charge on any atom is 0.305 e. The van der Waals surface area contributed by atoms with Gasteiger partial charge in [-0.05, 0) is 12.5 Å². The van der Waals surface area contributed by atoms with Gasteiger partial charge in [-0.2, -0.15) is 4.39 Å². The number of halogens is 2. The van der Waals surface area contributed by atoms with Crippen molar-refractivity contribution in [2.75, 3.05) is 13.2 Å². The second kappa shape index (κ2) is 5.27. The highest BCUT2D eigenvalue weighted by Crippen LogP contribution is 2.23. The molecule has 0 saturated carbocycles. The first kappa shape index (κ1) is 13.3. The lowest BCUT2D eigenvalue weighted by Crippen LogP contribution is -2.36. The average molecular weight is 272 g/mol. The highest BCUT2D eigenvalue weighted by Gasteiger charge is 2.28. The van der Waals surface area contributed by atoms with Crippen LogP contribution in [0.5, 0.6) is 0 Å². The van der Waals surface area contributed by atoms with Gasteiger partial charge in [-0.3, -0.25) is 14.9 Å². The van der Waals surface area contributed by atoms with Gasteiger partial charge < -0.3 is 10.1 Å². The number of benzene rings is 1. The number of nitrogens with zero attached hydrogens (tertiary/aromatic N) is 1. The lowest BCUT2D eigenvalue weighted by Gasteiger charge is -2.11. The fourth-order valence-electron chi connectivity index (χ4n) is 1.80. The summed E-state index contributed by atoms with van der Waals surface area (Å²) in [5.74, 6) is -3.63. The van der Waals surface area contributed by atoms with Gasteiger partial charge in [0.2, 0.25) is 5.82 Å². The van der Waals surface area contributed by atoms with E-state index < -0.39 is 33.7 Å². The molecule has 1 aliphatic rings. The van der Waals surface area contributed by atoms with Crippen molar-refractivity contribution in [2.24, 2.45) is 0 Å². The molecule has 0 aliphatic carbocycles. The van der Waals surface area contributed by atoms with Crippen LogP contribution in [-0.4, -0.2) is 30.1 Å². The van der Waals surface area contributed by atoms with Gasteiger partial charge in [-0.25, -0.2) is 4.39 Å². The Hall–Kier alpha value is -2.09. The number of nitrogens with one attached hydrogen (secondary N) is 1. The van der Waals surface area contributed by atoms with Gasteiger partial charge in [0, 0.05) is 12.7 Å². The molecule has 102 valence electrons. The number of hydrogen-bond donors (Lipinski definition) is 1. The first-order chi connectivity index (χ1) is 9.00. The van der Waals surface area contributed by atoms with Gasteiger partial charge in [0.05, 0.1) is 17.6 Å². The standard InChI is InChI=1S/C11H10F2N2O4/c12-7-1-2-8(15(17)18)10(13)9(7)11(16)14-6-3-4-19-5-6/h1-2,6H,3-5H2,(H,14,16). The quantitative estimate of drug-likeness (QED) is 0.666. The van der Waals surface area contributed by atoms with Crippen molar-refractivity contribution < 1.29 is 23.2 Å². The van der Waals surface area contributed by atoms with E-state index in [4.69, 9.17) is 4.74 Å². The van der Waals surface area contributed by atoms with Crippen LogP contribution < -0.4 is 5.32 Å². The summed E-state index contributed by atoms with van der Waals surface area (Å²) in [6, 6.07) is 1.03. The summed E-state index contributed by atoms with van der Waals surface area (Å²) in [5.41, 5.74) is -1.88. The van der Waals surface area contributed by atoms with E-state index in [-0.39, 0.29) is 12.6 Å². The molecule has 2 rings (SSSR count). The Kier molecular flexibility index (Phi) is 3.70. The van der Waals surface area contributed by atoms with Crippen molar-refractivity contribution >= 4 is 11.6 Å². The zero-order chi connectivity index (χ0) is 14.0. The third-order valence-electron chi connectivity index (χ3n) is 2.76. The monoisotopic (exact) mass is 272 g/mol. The Bertz CT molecular complexity index is 530. The van der Waals surface area contributed by atoms with Crippen molar-refractivity contribution in [3.63, 3.8) is 0 Å². The minimum atomic E-state index is -1.47. The maximum atomic E-state index is 13.7. The number of carbonyl (C=O) groups excluding carboxylic acids is 1. The summed E-state index contributed by atoms with van der Waals surface area (Å²) in [6.07, 6.45) is 0.532. The van der Waals surface area contributed by atoms with E-state index in [1.807, 2.05) is 0 Å². The summed E-state index contributed by atoms with van der Waals surface area (Å²) in [5, 5.41) is 12.9. The van der Waals surface area contributed by atoms with Crippen LogP contribution in [0.2, 0.25) is 0 Å². The molecule has 1 aliphatic heterocycles. The molecule has 1 amide bonds. The largest absolute Gasteiger partial charge is 0.379 e. The van der Waals surface area contributed by atoms with E-state index in [2.05, 4.69) is 5.32 Å². The smallest absolute Gasteiger partial charge is 0.305 e. The first-order valence-electron chi connectivity index (χ1n) is 5.51. The Morgan fingerprint density at radius 3 is 2.79 bits per heavy atom. The van der Waals surface area contributed by atoms with Crippen LogP contribution in [-0.2, 0) is 4.74 Å². The van der Waals surface area contributed by atoms with Gasteiger partial charge in [-0.15, -0.1) is 0 Å². The second-order valence-electron chi connectivity index (χ2n) is 4.05. The lowest BCUT2D eigenvalue weighted by atomic mass is 10.1. The zero-order valence-electron chi connectivity index (χ0n) is 9.69. The van der Waals surface area contributed by atoms with Crippen LogP contribution in [0.3, 0.4) is 0 Å². The lowest BCUT2D eigenvalue weighted by molar-refractivity contribution is -0.387. The molecule has 1 aromatic carbocycles.